The number of rotatable bonds is 6. The van der Waals surface area contributed by atoms with Gasteiger partial charge < -0.3 is 5.32 Å². The second-order valence-corrected chi connectivity index (χ2v) is 7.32. The molecule has 0 aromatic carbocycles. The Labute approximate surface area is 110 Å². The maximum Gasteiger partial charge on any atom is 0.244 e. The van der Waals surface area contributed by atoms with Crippen molar-refractivity contribution in [1.82, 2.24) is 9.71 Å². The van der Waals surface area contributed by atoms with Gasteiger partial charge >= 0.3 is 0 Å². The summed E-state index contributed by atoms with van der Waals surface area (Å²) in [6.45, 7) is 1.85. The van der Waals surface area contributed by atoms with Crippen LogP contribution in [0.1, 0.15) is 6.92 Å². The molecule has 8 heteroatoms. The Morgan fingerprint density at radius 2 is 2.17 bits per heavy atom. The molecule has 0 amide bonds. The van der Waals surface area contributed by atoms with Crippen LogP contribution in [-0.4, -0.2) is 42.7 Å². The number of hydrogen-bond donors (Lipinski definition) is 2. The van der Waals surface area contributed by atoms with Crippen molar-refractivity contribution in [1.29, 1.82) is 0 Å². The first-order chi connectivity index (χ1) is 8.38. The summed E-state index contributed by atoms with van der Waals surface area (Å²) in [7, 11) is -3.07. The van der Waals surface area contributed by atoms with Crippen molar-refractivity contribution in [2.75, 3.05) is 25.2 Å². The van der Waals surface area contributed by atoms with E-state index in [1.165, 1.54) is 12.4 Å². The fourth-order valence-electron chi connectivity index (χ4n) is 1.22. The third-order valence-corrected chi connectivity index (χ3v) is 5.22. The molecule has 102 valence electrons. The van der Waals surface area contributed by atoms with Crippen LogP contribution in [0.15, 0.2) is 23.4 Å². The van der Waals surface area contributed by atoms with Gasteiger partial charge in [0, 0.05) is 48.3 Å². The van der Waals surface area contributed by atoms with Gasteiger partial charge in [0.1, 0.15) is 4.90 Å². The quantitative estimate of drug-likeness (QED) is 0.780. The van der Waals surface area contributed by atoms with Crippen molar-refractivity contribution in [2.45, 2.75) is 17.1 Å². The molecule has 2 unspecified atom stereocenters. The van der Waals surface area contributed by atoms with Crippen LogP contribution < -0.4 is 10.0 Å². The van der Waals surface area contributed by atoms with Gasteiger partial charge in [-0.1, -0.05) is 0 Å². The minimum absolute atomic E-state index is 0.0848. The molecule has 1 aromatic heterocycles. The molecule has 0 radical (unpaired) electrons. The number of aromatic nitrogens is 1. The highest BCUT2D eigenvalue weighted by atomic mass is 32.2. The third-order valence-electron chi connectivity index (χ3n) is 2.47. The lowest BCUT2D eigenvalue weighted by Gasteiger charge is -2.12. The molecule has 18 heavy (non-hydrogen) atoms. The lowest BCUT2D eigenvalue weighted by molar-refractivity contribution is 0.580. The van der Waals surface area contributed by atoms with Gasteiger partial charge in [0.05, 0.1) is 5.69 Å². The van der Waals surface area contributed by atoms with Crippen LogP contribution in [0.2, 0.25) is 0 Å². The van der Waals surface area contributed by atoms with Crippen molar-refractivity contribution in [2.24, 2.45) is 0 Å². The molecule has 0 saturated carbocycles. The molecule has 0 aliphatic heterocycles. The summed E-state index contributed by atoms with van der Waals surface area (Å²) in [6, 6.07) is 1.58. The zero-order chi connectivity index (χ0) is 13.8. The lowest BCUT2D eigenvalue weighted by Crippen LogP contribution is -2.33. The molecule has 2 N–H and O–H groups in total. The summed E-state index contributed by atoms with van der Waals surface area (Å²) in [5.74, 6) is 0. The van der Waals surface area contributed by atoms with E-state index in [1.54, 1.807) is 26.3 Å². The molecule has 1 heterocycles. The first kappa shape index (κ1) is 15.1. The molecule has 0 fully saturated rings. The van der Waals surface area contributed by atoms with E-state index in [0.29, 0.717) is 5.69 Å². The van der Waals surface area contributed by atoms with Crippen molar-refractivity contribution in [3.63, 3.8) is 0 Å². The Bertz CT molecular complexity index is 531. The van der Waals surface area contributed by atoms with Crippen LogP contribution in [0.4, 0.5) is 5.69 Å². The lowest BCUT2D eigenvalue weighted by atomic mass is 10.4. The largest absolute Gasteiger partial charge is 0.387 e. The minimum atomic E-state index is -3.64. The van der Waals surface area contributed by atoms with Gasteiger partial charge in [-0.3, -0.25) is 9.19 Å². The fraction of sp³-hybridized carbons (Fsp3) is 0.500. The summed E-state index contributed by atoms with van der Waals surface area (Å²) in [6.07, 6.45) is 4.33. The molecule has 6 nitrogen and oxygen atoms in total. The fourth-order valence-corrected chi connectivity index (χ4v) is 2.93. The average Bonchev–Trinajstić information content (AvgIpc) is 2.35. The Balaban J connectivity index is 2.90. The second-order valence-electron chi connectivity index (χ2n) is 3.78. The summed E-state index contributed by atoms with van der Waals surface area (Å²) in [5.41, 5.74) is 0.475. The first-order valence-electron chi connectivity index (χ1n) is 5.32. The van der Waals surface area contributed by atoms with Crippen LogP contribution >= 0.6 is 0 Å². The van der Waals surface area contributed by atoms with Gasteiger partial charge in [0.25, 0.3) is 0 Å². The Morgan fingerprint density at radius 3 is 2.72 bits per heavy atom. The van der Waals surface area contributed by atoms with Gasteiger partial charge in [-0.2, -0.15) is 0 Å². The number of hydrogen-bond acceptors (Lipinski definition) is 5. The average molecular weight is 291 g/mol. The van der Waals surface area contributed by atoms with Gasteiger partial charge in [-0.15, -0.1) is 0 Å². The molecule has 0 bridgehead atoms. The van der Waals surface area contributed by atoms with Gasteiger partial charge in [-0.05, 0) is 13.0 Å². The first-order valence-corrected chi connectivity index (χ1v) is 8.42. The highest BCUT2D eigenvalue weighted by molar-refractivity contribution is 7.89. The maximum absolute atomic E-state index is 12.0. The predicted octanol–water partition coefficient (Wildman–Crippen LogP) is 0.169. The molecule has 0 aliphatic carbocycles. The monoisotopic (exact) mass is 291 g/mol. The van der Waals surface area contributed by atoms with Crippen molar-refractivity contribution >= 4 is 26.5 Å². The second kappa shape index (κ2) is 6.26. The number of nitrogens with zero attached hydrogens (tertiary/aromatic N) is 1. The van der Waals surface area contributed by atoms with Crippen LogP contribution in [0.5, 0.6) is 0 Å². The number of sulfonamides is 1. The number of anilines is 1. The topological polar surface area (TPSA) is 88.2 Å². The standard InChI is InChI=1S/C10H17N3O3S2/c1-8(17(3)14)6-13-18(15,16)10-7-12-5-4-9(10)11-2/h4-5,7-8,13H,6H2,1-3H3,(H,11,12). The molecule has 1 rings (SSSR count). The number of pyridine rings is 1. The van der Waals surface area contributed by atoms with Crippen LogP contribution in [0.3, 0.4) is 0 Å². The van der Waals surface area contributed by atoms with E-state index >= 15 is 0 Å². The van der Waals surface area contributed by atoms with E-state index < -0.39 is 20.8 Å². The van der Waals surface area contributed by atoms with Gasteiger partial charge in [0.2, 0.25) is 10.0 Å². The van der Waals surface area contributed by atoms with E-state index in [2.05, 4.69) is 15.0 Å². The van der Waals surface area contributed by atoms with E-state index in [-0.39, 0.29) is 16.7 Å². The summed E-state index contributed by atoms with van der Waals surface area (Å²) >= 11 is 0. The van der Waals surface area contributed by atoms with E-state index in [1.807, 2.05) is 0 Å². The molecular weight excluding hydrogens is 274 g/mol. The summed E-state index contributed by atoms with van der Waals surface area (Å²) in [5, 5.41) is 2.55. The SMILES string of the molecule is CNc1ccncc1S(=O)(=O)NCC(C)S(C)=O. The zero-order valence-corrected chi connectivity index (χ0v) is 12.1. The van der Waals surface area contributed by atoms with Crippen molar-refractivity contribution in [3.05, 3.63) is 18.5 Å². The van der Waals surface area contributed by atoms with Gasteiger partial charge in [-0.25, -0.2) is 13.1 Å². The smallest absolute Gasteiger partial charge is 0.244 e. The summed E-state index contributed by atoms with van der Waals surface area (Å²) < 4.78 is 37.7. The molecule has 0 saturated heterocycles. The molecule has 1 aromatic rings. The molecule has 2 atom stereocenters. The van der Waals surface area contributed by atoms with Crippen molar-refractivity contribution < 1.29 is 12.6 Å². The molecular formula is C10H17N3O3S2. The van der Waals surface area contributed by atoms with Gasteiger partial charge in [0.15, 0.2) is 0 Å². The zero-order valence-electron chi connectivity index (χ0n) is 10.5. The van der Waals surface area contributed by atoms with E-state index in [4.69, 9.17) is 0 Å². The summed E-state index contributed by atoms with van der Waals surface area (Å²) in [4.78, 5) is 3.89. The molecule has 0 aliphatic rings. The predicted molar refractivity (Wildman–Crippen MR) is 72.5 cm³/mol. The van der Waals surface area contributed by atoms with Crippen LogP contribution in [-0.2, 0) is 20.8 Å². The Kier molecular flexibility index (Phi) is 5.24. The highest BCUT2D eigenvalue weighted by Crippen LogP contribution is 2.18. The number of nitrogens with one attached hydrogen (secondary N) is 2. The highest BCUT2D eigenvalue weighted by Gasteiger charge is 2.19. The molecule has 0 spiro atoms. The third kappa shape index (κ3) is 3.76. The maximum atomic E-state index is 12.0. The van der Waals surface area contributed by atoms with Crippen LogP contribution in [0, 0.1) is 0 Å². The Hall–Kier alpha value is -0.990. The normalized spacial score (nSPS) is 15.1. The van der Waals surface area contributed by atoms with E-state index in [0.717, 1.165) is 0 Å². The minimum Gasteiger partial charge on any atom is -0.387 e. The van der Waals surface area contributed by atoms with E-state index in [9.17, 15) is 12.6 Å². The van der Waals surface area contributed by atoms with Crippen LogP contribution in [0.25, 0.3) is 0 Å². The van der Waals surface area contributed by atoms with Crippen molar-refractivity contribution in [3.8, 4) is 0 Å². The Morgan fingerprint density at radius 1 is 1.50 bits per heavy atom.